The number of ketones is 2. The number of rotatable bonds is 5. The van der Waals surface area contributed by atoms with E-state index in [9.17, 15) is 9.59 Å². The molecule has 1 rings (SSSR count). The van der Waals surface area contributed by atoms with E-state index in [0.29, 0.717) is 19.4 Å². The standard InChI is InChI=1S/C16H28N2O2/c1-15(2)7-13(19)12(14(20)8-15)9-17-10-16(3,4)11-18(5)6/h9,12H,7-8,10-11H2,1-6H3. The first-order valence-electron chi connectivity index (χ1n) is 7.23. The predicted octanol–water partition coefficient (Wildman–Crippen LogP) is 2.22. The molecule has 0 unspecified atom stereocenters. The minimum atomic E-state index is -0.613. The van der Waals surface area contributed by atoms with Crippen LogP contribution in [0.2, 0.25) is 0 Å². The lowest BCUT2D eigenvalue weighted by molar-refractivity contribution is -0.136. The molecule has 1 saturated carbocycles. The van der Waals surface area contributed by atoms with Crippen LogP contribution < -0.4 is 0 Å². The molecule has 1 aliphatic rings. The summed E-state index contributed by atoms with van der Waals surface area (Å²) in [5.74, 6) is -0.584. The number of hydrogen-bond acceptors (Lipinski definition) is 4. The second-order valence-corrected chi connectivity index (χ2v) is 7.82. The molecule has 0 radical (unpaired) electrons. The van der Waals surface area contributed by atoms with Crippen LogP contribution in [0, 0.1) is 16.7 Å². The summed E-state index contributed by atoms with van der Waals surface area (Å²) in [6.45, 7) is 9.76. The molecule has 0 saturated heterocycles. The van der Waals surface area contributed by atoms with Gasteiger partial charge < -0.3 is 4.90 Å². The van der Waals surface area contributed by atoms with Crippen molar-refractivity contribution in [3.63, 3.8) is 0 Å². The van der Waals surface area contributed by atoms with Gasteiger partial charge in [0.1, 0.15) is 17.5 Å². The lowest BCUT2D eigenvalue weighted by atomic mass is 9.72. The molecule has 0 heterocycles. The minimum Gasteiger partial charge on any atom is -0.309 e. The minimum absolute atomic E-state index is 0.0143. The van der Waals surface area contributed by atoms with Gasteiger partial charge in [0.05, 0.1) is 0 Å². The molecule has 0 bridgehead atoms. The van der Waals surface area contributed by atoms with Crippen LogP contribution in [0.4, 0.5) is 0 Å². The highest BCUT2D eigenvalue weighted by Gasteiger charge is 2.38. The normalized spacial score (nSPS) is 21.1. The van der Waals surface area contributed by atoms with Crippen LogP contribution in [-0.4, -0.2) is 49.9 Å². The van der Waals surface area contributed by atoms with Crippen molar-refractivity contribution in [3.8, 4) is 0 Å². The zero-order valence-electron chi connectivity index (χ0n) is 13.7. The summed E-state index contributed by atoms with van der Waals surface area (Å²) in [7, 11) is 4.06. The van der Waals surface area contributed by atoms with Crippen molar-refractivity contribution in [1.82, 2.24) is 4.90 Å². The predicted molar refractivity (Wildman–Crippen MR) is 82.2 cm³/mol. The maximum atomic E-state index is 12.0. The molecule has 0 amide bonds. The van der Waals surface area contributed by atoms with Crippen molar-refractivity contribution >= 4 is 17.8 Å². The lowest BCUT2D eigenvalue weighted by Gasteiger charge is -2.30. The molecule has 0 aliphatic heterocycles. The fraction of sp³-hybridized carbons (Fsp3) is 0.812. The Kier molecular flexibility index (Phi) is 5.25. The van der Waals surface area contributed by atoms with Crippen LogP contribution in [0.15, 0.2) is 4.99 Å². The zero-order valence-corrected chi connectivity index (χ0v) is 13.7. The van der Waals surface area contributed by atoms with Crippen molar-refractivity contribution in [2.24, 2.45) is 21.7 Å². The van der Waals surface area contributed by atoms with Crippen molar-refractivity contribution in [2.75, 3.05) is 27.2 Å². The summed E-state index contributed by atoms with van der Waals surface area (Å²) in [6, 6.07) is 0. The van der Waals surface area contributed by atoms with Crippen LogP contribution in [0.5, 0.6) is 0 Å². The van der Waals surface area contributed by atoms with Gasteiger partial charge in [-0.05, 0) is 24.9 Å². The smallest absolute Gasteiger partial charge is 0.149 e. The summed E-state index contributed by atoms with van der Waals surface area (Å²) in [4.78, 5) is 30.6. The largest absolute Gasteiger partial charge is 0.309 e. The number of Topliss-reactive ketones (excluding diaryl/α,β-unsaturated/α-hetero) is 2. The van der Waals surface area contributed by atoms with E-state index in [0.717, 1.165) is 6.54 Å². The van der Waals surface area contributed by atoms with Gasteiger partial charge in [-0.25, -0.2) is 0 Å². The van der Waals surface area contributed by atoms with Gasteiger partial charge in [0.25, 0.3) is 0 Å². The number of carbonyl (C=O) groups is 2. The first-order valence-corrected chi connectivity index (χ1v) is 7.23. The number of carbonyl (C=O) groups excluding carboxylic acids is 2. The fourth-order valence-electron chi connectivity index (χ4n) is 2.88. The molecular formula is C16H28N2O2. The number of nitrogens with zero attached hydrogens (tertiary/aromatic N) is 2. The van der Waals surface area contributed by atoms with E-state index >= 15 is 0 Å². The Morgan fingerprint density at radius 1 is 1.25 bits per heavy atom. The van der Waals surface area contributed by atoms with Crippen LogP contribution in [0.25, 0.3) is 0 Å². The molecule has 0 aromatic carbocycles. The highest BCUT2D eigenvalue weighted by atomic mass is 16.2. The first-order chi connectivity index (χ1) is 9.02. The summed E-state index contributed by atoms with van der Waals surface area (Å²) in [5.41, 5.74) is -0.150. The van der Waals surface area contributed by atoms with Crippen molar-refractivity contribution in [2.45, 2.75) is 40.5 Å². The molecule has 1 aliphatic carbocycles. The van der Waals surface area contributed by atoms with Crippen molar-refractivity contribution < 1.29 is 9.59 Å². The average molecular weight is 280 g/mol. The third kappa shape index (κ3) is 5.16. The first kappa shape index (κ1) is 17.0. The van der Waals surface area contributed by atoms with Gasteiger partial charge >= 0.3 is 0 Å². The molecule has 4 heteroatoms. The van der Waals surface area contributed by atoms with Crippen LogP contribution in [0.1, 0.15) is 40.5 Å². The molecule has 114 valence electrons. The molecule has 4 nitrogen and oxygen atoms in total. The molecule has 0 aromatic rings. The molecule has 0 N–H and O–H groups in total. The second kappa shape index (κ2) is 6.17. The van der Waals surface area contributed by atoms with Crippen LogP contribution >= 0.6 is 0 Å². The van der Waals surface area contributed by atoms with E-state index in [4.69, 9.17) is 0 Å². The maximum Gasteiger partial charge on any atom is 0.149 e. The summed E-state index contributed by atoms with van der Waals surface area (Å²) in [5, 5.41) is 0. The monoisotopic (exact) mass is 280 g/mol. The highest BCUT2D eigenvalue weighted by molar-refractivity contribution is 6.16. The maximum absolute atomic E-state index is 12.0. The number of hydrogen-bond donors (Lipinski definition) is 0. The van der Waals surface area contributed by atoms with Crippen LogP contribution in [0.3, 0.4) is 0 Å². The van der Waals surface area contributed by atoms with Gasteiger partial charge in [-0.15, -0.1) is 0 Å². The Hall–Kier alpha value is -1.03. The summed E-state index contributed by atoms with van der Waals surface area (Å²) < 4.78 is 0. The van der Waals surface area contributed by atoms with E-state index < -0.39 is 5.92 Å². The Bertz CT molecular complexity index is 389. The van der Waals surface area contributed by atoms with Gasteiger partial charge in [-0.1, -0.05) is 27.7 Å². The molecular weight excluding hydrogens is 252 g/mol. The van der Waals surface area contributed by atoms with E-state index in [-0.39, 0.29) is 22.4 Å². The summed E-state index contributed by atoms with van der Waals surface area (Å²) in [6.07, 6.45) is 2.52. The number of aliphatic imine (C=N–C) groups is 1. The third-order valence-electron chi connectivity index (χ3n) is 3.52. The summed E-state index contributed by atoms with van der Waals surface area (Å²) >= 11 is 0. The van der Waals surface area contributed by atoms with Gasteiger partial charge in [0, 0.05) is 32.1 Å². The lowest BCUT2D eigenvalue weighted by Crippen LogP contribution is -2.38. The van der Waals surface area contributed by atoms with E-state index in [1.54, 1.807) is 6.21 Å². The highest BCUT2D eigenvalue weighted by Crippen LogP contribution is 2.33. The van der Waals surface area contributed by atoms with E-state index in [1.165, 1.54) is 0 Å². The Labute approximate surface area is 122 Å². The Morgan fingerprint density at radius 3 is 2.20 bits per heavy atom. The Balaban J connectivity index is 2.62. The SMILES string of the molecule is CN(C)CC(C)(C)CN=CC1C(=O)CC(C)(C)CC1=O. The quantitative estimate of drug-likeness (QED) is 0.573. The molecule has 0 spiro atoms. The van der Waals surface area contributed by atoms with Crippen molar-refractivity contribution in [1.29, 1.82) is 0 Å². The van der Waals surface area contributed by atoms with Crippen LogP contribution in [-0.2, 0) is 9.59 Å². The topological polar surface area (TPSA) is 49.7 Å². The van der Waals surface area contributed by atoms with E-state index in [2.05, 4.69) is 23.7 Å². The zero-order chi connectivity index (χ0) is 15.6. The van der Waals surface area contributed by atoms with E-state index in [1.807, 2.05) is 27.9 Å². The van der Waals surface area contributed by atoms with Gasteiger partial charge in [-0.3, -0.25) is 14.6 Å². The molecule has 0 aromatic heterocycles. The van der Waals surface area contributed by atoms with Crippen molar-refractivity contribution in [3.05, 3.63) is 0 Å². The second-order valence-electron chi connectivity index (χ2n) is 7.82. The van der Waals surface area contributed by atoms with Gasteiger partial charge in [0.2, 0.25) is 0 Å². The van der Waals surface area contributed by atoms with Gasteiger partial charge in [-0.2, -0.15) is 0 Å². The molecule has 20 heavy (non-hydrogen) atoms. The fourth-order valence-corrected chi connectivity index (χ4v) is 2.88. The average Bonchev–Trinajstić information content (AvgIpc) is 2.18. The molecule has 1 fully saturated rings. The Morgan fingerprint density at radius 2 is 1.75 bits per heavy atom. The molecule has 0 atom stereocenters. The third-order valence-corrected chi connectivity index (χ3v) is 3.52. The van der Waals surface area contributed by atoms with Gasteiger partial charge in [0.15, 0.2) is 0 Å².